The summed E-state index contributed by atoms with van der Waals surface area (Å²) in [5.74, 6) is 0.533. The molecule has 0 atom stereocenters. The normalized spacial score (nSPS) is 10.7. The van der Waals surface area contributed by atoms with E-state index in [1.807, 2.05) is 26.0 Å². The summed E-state index contributed by atoms with van der Waals surface area (Å²) in [6.07, 6.45) is 0. The van der Waals surface area contributed by atoms with E-state index in [1.165, 1.54) is 30.2 Å². The zero-order valence-electron chi connectivity index (χ0n) is 17.4. The van der Waals surface area contributed by atoms with E-state index < -0.39 is 5.97 Å². The molecule has 1 amide bonds. The van der Waals surface area contributed by atoms with Crippen LogP contribution in [0.2, 0.25) is 5.02 Å². The second-order valence-corrected chi connectivity index (χ2v) is 9.21. The van der Waals surface area contributed by atoms with Crippen molar-refractivity contribution in [3.63, 3.8) is 0 Å². The molecule has 2 aromatic heterocycles. The molecule has 8 nitrogen and oxygen atoms in total. The molecule has 0 saturated carbocycles. The van der Waals surface area contributed by atoms with Gasteiger partial charge in [-0.25, -0.2) is 4.79 Å². The van der Waals surface area contributed by atoms with Crippen LogP contribution in [0.1, 0.15) is 26.6 Å². The maximum atomic E-state index is 12.4. The molecule has 3 aromatic rings. The molecule has 0 aliphatic heterocycles. The fourth-order valence-corrected chi connectivity index (χ4v) is 4.44. The van der Waals surface area contributed by atoms with Crippen molar-refractivity contribution >= 4 is 51.6 Å². The SMILES string of the molecule is COC(=O)c1cc(C)sc1NC(=O)CSc1nnc(COc2cc(C)ccc2Cl)n1C. The number of carbonyl (C=O) groups excluding carboxylic acids is 2. The largest absolute Gasteiger partial charge is 0.484 e. The summed E-state index contributed by atoms with van der Waals surface area (Å²) in [6.45, 7) is 4.00. The van der Waals surface area contributed by atoms with Crippen molar-refractivity contribution in [2.75, 3.05) is 18.2 Å². The molecule has 11 heteroatoms. The molecule has 0 aliphatic carbocycles. The molecule has 0 spiro atoms. The van der Waals surface area contributed by atoms with Gasteiger partial charge in [0.2, 0.25) is 5.91 Å². The predicted octanol–water partition coefficient (Wildman–Crippen LogP) is 4.24. The molecule has 164 valence electrons. The van der Waals surface area contributed by atoms with Crippen molar-refractivity contribution in [1.82, 2.24) is 14.8 Å². The van der Waals surface area contributed by atoms with Crippen LogP contribution in [0.4, 0.5) is 5.00 Å². The van der Waals surface area contributed by atoms with Crippen LogP contribution in [0.25, 0.3) is 0 Å². The molecule has 1 aromatic carbocycles. The van der Waals surface area contributed by atoms with Crippen molar-refractivity contribution in [1.29, 1.82) is 0 Å². The molecule has 0 saturated heterocycles. The van der Waals surface area contributed by atoms with Crippen LogP contribution in [0.3, 0.4) is 0 Å². The van der Waals surface area contributed by atoms with Gasteiger partial charge in [-0.2, -0.15) is 0 Å². The van der Waals surface area contributed by atoms with Gasteiger partial charge in [0.25, 0.3) is 0 Å². The van der Waals surface area contributed by atoms with Crippen molar-refractivity contribution in [3.8, 4) is 5.75 Å². The number of aryl methyl sites for hydroxylation is 2. The third-order valence-corrected chi connectivity index (χ3v) is 6.51. The summed E-state index contributed by atoms with van der Waals surface area (Å²) >= 11 is 8.71. The number of rotatable bonds is 8. The highest BCUT2D eigenvalue weighted by atomic mass is 35.5. The van der Waals surface area contributed by atoms with Crippen LogP contribution >= 0.6 is 34.7 Å². The topological polar surface area (TPSA) is 95.3 Å². The molecule has 3 rings (SSSR count). The Labute approximate surface area is 192 Å². The Balaban J connectivity index is 1.58. The van der Waals surface area contributed by atoms with Gasteiger partial charge in [-0.15, -0.1) is 21.5 Å². The van der Waals surface area contributed by atoms with E-state index >= 15 is 0 Å². The zero-order chi connectivity index (χ0) is 22.5. The number of nitrogens with one attached hydrogen (secondary N) is 1. The summed E-state index contributed by atoms with van der Waals surface area (Å²) in [4.78, 5) is 25.1. The number of thiophene rings is 1. The first kappa shape index (κ1) is 23.1. The Morgan fingerprint density at radius 3 is 2.77 bits per heavy atom. The number of nitrogens with zero attached hydrogens (tertiary/aromatic N) is 3. The number of methoxy groups -OCH3 is 1. The van der Waals surface area contributed by atoms with Crippen molar-refractivity contribution in [2.45, 2.75) is 25.6 Å². The van der Waals surface area contributed by atoms with Crippen LogP contribution in [0, 0.1) is 13.8 Å². The number of anilines is 1. The van der Waals surface area contributed by atoms with Gasteiger partial charge in [0.1, 0.15) is 17.4 Å². The van der Waals surface area contributed by atoms with Crippen LogP contribution < -0.4 is 10.1 Å². The molecular weight excluding hydrogens is 460 g/mol. The highest BCUT2D eigenvalue weighted by molar-refractivity contribution is 7.99. The van der Waals surface area contributed by atoms with E-state index in [9.17, 15) is 9.59 Å². The number of aromatic nitrogens is 3. The number of hydrogen-bond donors (Lipinski definition) is 1. The average Bonchev–Trinajstić information content (AvgIpc) is 3.28. The number of amides is 1. The fourth-order valence-electron chi connectivity index (χ4n) is 2.62. The predicted molar refractivity (Wildman–Crippen MR) is 121 cm³/mol. The standard InChI is InChI=1S/C20H21ClN4O4S2/c1-11-5-6-14(21)15(7-11)29-9-16-23-24-20(25(16)3)30-10-17(26)22-18-13(19(27)28-4)8-12(2)31-18/h5-8H,9-10H2,1-4H3,(H,22,26). The van der Waals surface area contributed by atoms with E-state index in [0.717, 1.165) is 10.4 Å². The van der Waals surface area contributed by atoms with E-state index in [1.54, 1.807) is 23.7 Å². The Morgan fingerprint density at radius 2 is 2.03 bits per heavy atom. The van der Waals surface area contributed by atoms with Crippen molar-refractivity contribution in [2.24, 2.45) is 7.05 Å². The number of halogens is 1. The number of ether oxygens (including phenoxy) is 2. The molecule has 1 N–H and O–H groups in total. The van der Waals surface area contributed by atoms with E-state index in [2.05, 4.69) is 15.5 Å². The maximum absolute atomic E-state index is 12.4. The van der Waals surface area contributed by atoms with E-state index in [-0.39, 0.29) is 18.3 Å². The van der Waals surface area contributed by atoms with Gasteiger partial charge < -0.3 is 19.4 Å². The van der Waals surface area contributed by atoms with Gasteiger partial charge in [0.05, 0.1) is 23.4 Å². The summed E-state index contributed by atoms with van der Waals surface area (Å²) in [5.41, 5.74) is 1.38. The van der Waals surface area contributed by atoms with Gasteiger partial charge in [0.15, 0.2) is 11.0 Å². The molecular formula is C20H21ClN4O4S2. The first-order valence-corrected chi connectivity index (χ1v) is 11.3. The Kier molecular flexibility index (Phi) is 7.58. The van der Waals surface area contributed by atoms with Crippen molar-refractivity contribution < 1.29 is 19.1 Å². The zero-order valence-corrected chi connectivity index (χ0v) is 19.8. The third-order valence-electron chi connectivity index (χ3n) is 4.21. The monoisotopic (exact) mass is 480 g/mol. The lowest BCUT2D eigenvalue weighted by Crippen LogP contribution is -2.16. The van der Waals surface area contributed by atoms with Crippen LogP contribution in [0.15, 0.2) is 29.4 Å². The van der Waals surface area contributed by atoms with Gasteiger partial charge in [-0.3, -0.25) is 4.79 Å². The first-order valence-electron chi connectivity index (χ1n) is 9.17. The molecule has 2 heterocycles. The van der Waals surface area contributed by atoms with E-state index in [4.69, 9.17) is 21.1 Å². The maximum Gasteiger partial charge on any atom is 0.340 e. The quantitative estimate of drug-likeness (QED) is 0.380. The Bertz CT molecular complexity index is 1110. The second kappa shape index (κ2) is 10.2. The molecule has 31 heavy (non-hydrogen) atoms. The number of esters is 1. The van der Waals surface area contributed by atoms with Crippen LogP contribution in [0.5, 0.6) is 5.75 Å². The summed E-state index contributed by atoms with van der Waals surface area (Å²) in [5, 5.41) is 12.6. The van der Waals surface area contributed by atoms with Gasteiger partial charge in [-0.1, -0.05) is 29.4 Å². The van der Waals surface area contributed by atoms with Gasteiger partial charge in [-0.05, 0) is 37.6 Å². The van der Waals surface area contributed by atoms with Crippen LogP contribution in [-0.2, 0) is 23.2 Å². The Morgan fingerprint density at radius 1 is 1.26 bits per heavy atom. The molecule has 0 fully saturated rings. The second-order valence-electron chi connectivity index (χ2n) is 6.61. The lowest BCUT2D eigenvalue weighted by molar-refractivity contribution is -0.113. The number of thioether (sulfide) groups is 1. The molecule has 0 bridgehead atoms. The highest BCUT2D eigenvalue weighted by Gasteiger charge is 2.18. The highest BCUT2D eigenvalue weighted by Crippen LogP contribution is 2.29. The number of hydrogen-bond acceptors (Lipinski definition) is 8. The molecule has 0 unspecified atom stereocenters. The lowest BCUT2D eigenvalue weighted by atomic mass is 10.2. The van der Waals surface area contributed by atoms with Gasteiger partial charge in [0, 0.05) is 11.9 Å². The van der Waals surface area contributed by atoms with Crippen molar-refractivity contribution in [3.05, 3.63) is 51.1 Å². The minimum absolute atomic E-state index is 0.105. The lowest BCUT2D eigenvalue weighted by Gasteiger charge is -2.09. The average molecular weight is 481 g/mol. The summed E-state index contributed by atoms with van der Waals surface area (Å²) in [6, 6.07) is 7.23. The van der Waals surface area contributed by atoms with Crippen LogP contribution in [-0.4, -0.2) is 39.5 Å². The summed E-state index contributed by atoms with van der Waals surface area (Å²) in [7, 11) is 3.10. The fraction of sp³-hybridized carbons (Fsp3) is 0.300. The minimum atomic E-state index is -0.487. The van der Waals surface area contributed by atoms with E-state index in [0.29, 0.717) is 32.3 Å². The number of carbonyl (C=O) groups is 2. The number of benzene rings is 1. The van der Waals surface area contributed by atoms with Gasteiger partial charge >= 0.3 is 5.97 Å². The Hall–Kier alpha value is -2.56. The minimum Gasteiger partial charge on any atom is -0.484 e. The first-order chi connectivity index (χ1) is 14.8. The molecule has 0 aliphatic rings. The molecule has 0 radical (unpaired) electrons. The summed E-state index contributed by atoms with van der Waals surface area (Å²) < 4.78 is 12.3. The smallest absolute Gasteiger partial charge is 0.340 e. The third kappa shape index (κ3) is 5.78.